The molecule has 6 nitrogen and oxygen atoms in total. The van der Waals surface area contributed by atoms with Crippen LogP contribution in [0.1, 0.15) is 16.9 Å². The molecule has 0 unspecified atom stereocenters. The first-order valence-corrected chi connectivity index (χ1v) is 6.84. The summed E-state index contributed by atoms with van der Waals surface area (Å²) < 4.78 is 0. The summed E-state index contributed by atoms with van der Waals surface area (Å²) in [4.78, 5) is 28.4. The van der Waals surface area contributed by atoms with Crippen LogP contribution in [-0.4, -0.2) is 30.0 Å². The first-order valence-electron chi connectivity index (χ1n) is 6.84. The van der Waals surface area contributed by atoms with E-state index in [0.29, 0.717) is 24.5 Å². The number of amides is 3. The number of hydrogen-bond donors (Lipinski definition) is 3. The van der Waals surface area contributed by atoms with E-state index in [1.54, 1.807) is 35.4 Å². The third-order valence-electron chi connectivity index (χ3n) is 3.34. The van der Waals surface area contributed by atoms with E-state index in [2.05, 4.69) is 15.6 Å². The van der Waals surface area contributed by atoms with Gasteiger partial charge >= 0.3 is 6.03 Å². The highest BCUT2D eigenvalue weighted by Crippen LogP contribution is 2.21. The summed E-state index contributed by atoms with van der Waals surface area (Å²) >= 11 is 0. The third-order valence-corrected chi connectivity index (χ3v) is 3.34. The van der Waals surface area contributed by atoms with Crippen LogP contribution in [0.3, 0.4) is 0 Å². The smallest absolute Gasteiger partial charge is 0.321 e. The van der Waals surface area contributed by atoms with Crippen LogP contribution < -0.4 is 15.5 Å². The Morgan fingerprint density at radius 2 is 2.14 bits per heavy atom. The fourth-order valence-corrected chi connectivity index (χ4v) is 2.30. The Bertz CT molecular complexity index is 651. The van der Waals surface area contributed by atoms with E-state index in [-0.39, 0.29) is 11.9 Å². The topological polar surface area (TPSA) is 77.2 Å². The summed E-state index contributed by atoms with van der Waals surface area (Å²) in [5.41, 5.74) is 1.93. The molecule has 1 aliphatic rings. The minimum atomic E-state index is -0.208. The second-order valence-corrected chi connectivity index (χ2v) is 4.83. The molecule has 2 aromatic rings. The minimum absolute atomic E-state index is 0.103. The highest BCUT2D eigenvalue weighted by molar-refractivity contribution is 6.03. The van der Waals surface area contributed by atoms with Crippen molar-refractivity contribution in [2.24, 2.45) is 0 Å². The van der Waals surface area contributed by atoms with Crippen LogP contribution in [0, 0.1) is 0 Å². The fourth-order valence-electron chi connectivity index (χ4n) is 2.30. The molecular formula is C15H16N4O2. The van der Waals surface area contributed by atoms with Crippen LogP contribution in [0.2, 0.25) is 0 Å². The van der Waals surface area contributed by atoms with Crippen molar-refractivity contribution in [1.82, 2.24) is 10.3 Å². The first-order chi connectivity index (χ1) is 10.2. The molecule has 2 heterocycles. The molecule has 1 aromatic heterocycles. The Morgan fingerprint density at radius 1 is 1.24 bits per heavy atom. The predicted molar refractivity (Wildman–Crippen MR) is 80.5 cm³/mol. The molecule has 1 fully saturated rings. The molecule has 1 aliphatic heterocycles. The Labute approximate surface area is 122 Å². The molecule has 3 rings (SSSR count). The number of carbonyl (C=O) groups excluding carboxylic acids is 2. The van der Waals surface area contributed by atoms with Crippen LogP contribution in [-0.2, 0) is 0 Å². The van der Waals surface area contributed by atoms with E-state index in [1.807, 2.05) is 12.1 Å². The maximum absolute atomic E-state index is 12.0. The van der Waals surface area contributed by atoms with Crippen molar-refractivity contribution < 1.29 is 9.59 Å². The van der Waals surface area contributed by atoms with Crippen molar-refractivity contribution in [3.63, 3.8) is 0 Å². The van der Waals surface area contributed by atoms with Crippen molar-refractivity contribution >= 4 is 23.3 Å². The number of aromatic amines is 1. The number of rotatable bonds is 3. The summed E-state index contributed by atoms with van der Waals surface area (Å²) in [6.45, 7) is 1.39. The largest absolute Gasteiger partial charge is 0.357 e. The highest BCUT2D eigenvalue weighted by atomic mass is 16.2. The summed E-state index contributed by atoms with van der Waals surface area (Å²) in [6, 6.07) is 10.6. The lowest BCUT2D eigenvalue weighted by molar-refractivity contribution is 0.102. The molecule has 1 saturated heterocycles. The molecule has 0 saturated carbocycles. The van der Waals surface area contributed by atoms with Crippen LogP contribution in [0.4, 0.5) is 16.2 Å². The average molecular weight is 284 g/mol. The lowest BCUT2D eigenvalue weighted by Crippen LogP contribution is -2.46. The molecule has 3 N–H and O–H groups in total. The summed E-state index contributed by atoms with van der Waals surface area (Å²) in [6.07, 6.45) is 2.61. The molecule has 1 aromatic carbocycles. The Hall–Kier alpha value is -2.76. The first kappa shape index (κ1) is 13.2. The zero-order valence-corrected chi connectivity index (χ0v) is 11.4. The Kier molecular flexibility index (Phi) is 3.59. The van der Waals surface area contributed by atoms with Gasteiger partial charge in [0.1, 0.15) is 5.69 Å². The molecule has 0 spiro atoms. The highest BCUT2D eigenvalue weighted by Gasteiger charge is 2.19. The van der Waals surface area contributed by atoms with Crippen molar-refractivity contribution in [3.8, 4) is 0 Å². The molecule has 0 aliphatic carbocycles. The molecule has 0 atom stereocenters. The van der Waals surface area contributed by atoms with Crippen LogP contribution in [0.25, 0.3) is 0 Å². The number of H-pyrrole nitrogens is 1. The number of benzene rings is 1. The van der Waals surface area contributed by atoms with Gasteiger partial charge in [-0.3, -0.25) is 9.69 Å². The second-order valence-electron chi connectivity index (χ2n) is 4.83. The quantitative estimate of drug-likeness (QED) is 0.808. The summed E-state index contributed by atoms with van der Waals surface area (Å²) in [7, 11) is 0. The van der Waals surface area contributed by atoms with Gasteiger partial charge in [0.05, 0.1) is 0 Å². The molecule has 108 valence electrons. The number of nitrogens with zero attached hydrogens (tertiary/aromatic N) is 1. The van der Waals surface area contributed by atoms with Gasteiger partial charge in [0.15, 0.2) is 0 Å². The zero-order chi connectivity index (χ0) is 14.7. The number of carbonyl (C=O) groups is 2. The maximum Gasteiger partial charge on any atom is 0.321 e. The summed E-state index contributed by atoms with van der Waals surface area (Å²) in [5, 5.41) is 5.62. The normalized spacial score (nSPS) is 14.7. The van der Waals surface area contributed by atoms with Crippen molar-refractivity contribution in [2.45, 2.75) is 6.42 Å². The number of urea groups is 1. The van der Waals surface area contributed by atoms with Gasteiger partial charge < -0.3 is 15.6 Å². The lowest BCUT2D eigenvalue weighted by atomic mass is 10.2. The third kappa shape index (κ3) is 2.89. The van der Waals surface area contributed by atoms with Crippen molar-refractivity contribution in [1.29, 1.82) is 0 Å². The molecule has 0 bridgehead atoms. The number of nitrogens with one attached hydrogen (secondary N) is 3. The van der Waals surface area contributed by atoms with Gasteiger partial charge in [0.25, 0.3) is 5.91 Å². The van der Waals surface area contributed by atoms with E-state index < -0.39 is 0 Å². The Balaban J connectivity index is 1.77. The van der Waals surface area contributed by atoms with Crippen molar-refractivity contribution in [3.05, 3.63) is 48.3 Å². The van der Waals surface area contributed by atoms with Crippen LogP contribution >= 0.6 is 0 Å². The number of anilines is 2. The van der Waals surface area contributed by atoms with Gasteiger partial charge in [-0.15, -0.1) is 0 Å². The van der Waals surface area contributed by atoms with Gasteiger partial charge in [-0.2, -0.15) is 0 Å². The molecule has 0 radical (unpaired) electrons. The fraction of sp³-hybridized carbons (Fsp3) is 0.200. The average Bonchev–Trinajstić information content (AvgIpc) is 3.02. The van der Waals surface area contributed by atoms with Gasteiger partial charge in [0.2, 0.25) is 0 Å². The standard InChI is InChI=1S/C15H16N4O2/c20-14(13-6-2-7-16-13)18-11-4-1-5-12(10-11)19-9-3-8-17-15(19)21/h1-2,4-7,10,16H,3,8-9H2,(H,17,21)(H,18,20). The summed E-state index contributed by atoms with van der Waals surface area (Å²) in [5.74, 6) is -0.208. The lowest BCUT2D eigenvalue weighted by Gasteiger charge is -2.27. The second kappa shape index (κ2) is 5.70. The SMILES string of the molecule is O=C(Nc1cccc(N2CCCNC2=O)c1)c1ccc[nH]1. The van der Waals surface area contributed by atoms with Gasteiger partial charge in [-0.1, -0.05) is 6.07 Å². The van der Waals surface area contributed by atoms with Crippen LogP contribution in [0.5, 0.6) is 0 Å². The number of hydrogen-bond acceptors (Lipinski definition) is 2. The van der Waals surface area contributed by atoms with E-state index >= 15 is 0 Å². The molecular weight excluding hydrogens is 268 g/mol. The monoisotopic (exact) mass is 284 g/mol. The number of aromatic nitrogens is 1. The van der Waals surface area contributed by atoms with E-state index in [0.717, 1.165) is 12.1 Å². The van der Waals surface area contributed by atoms with Gasteiger partial charge in [-0.25, -0.2) is 4.79 Å². The van der Waals surface area contributed by atoms with E-state index in [1.165, 1.54) is 0 Å². The van der Waals surface area contributed by atoms with E-state index in [4.69, 9.17) is 0 Å². The zero-order valence-electron chi connectivity index (χ0n) is 11.4. The maximum atomic E-state index is 12.0. The molecule has 21 heavy (non-hydrogen) atoms. The van der Waals surface area contributed by atoms with Gasteiger partial charge in [-0.05, 0) is 36.8 Å². The van der Waals surface area contributed by atoms with Crippen LogP contribution in [0.15, 0.2) is 42.6 Å². The molecule has 6 heteroatoms. The van der Waals surface area contributed by atoms with Crippen molar-refractivity contribution in [2.75, 3.05) is 23.3 Å². The van der Waals surface area contributed by atoms with Gasteiger partial charge in [0, 0.05) is 30.7 Å². The molecule has 3 amide bonds. The minimum Gasteiger partial charge on any atom is -0.357 e. The Morgan fingerprint density at radius 3 is 2.90 bits per heavy atom. The van der Waals surface area contributed by atoms with E-state index in [9.17, 15) is 9.59 Å². The predicted octanol–water partition coefficient (Wildman–Crippen LogP) is 2.19.